The van der Waals surface area contributed by atoms with E-state index in [1.807, 2.05) is 84.9 Å². The highest BCUT2D eigenvalue weighted by Crippen LogP contribution is 2.58. The molecule has 0 bridgehead atoms. The van der Waals surface area contributed by atoms with Crippen LogP contribution in [0.3, 0.4) is 0 Å². The predicted molar refractivity (Wildman–Crippen MR) is 161 cm³/mol. The highest BCUT2D eigenvalue weighted by atomic mass is 16.5. The molecular formula is C36H26O8. The number of aliphatic carboxylic acids is 2. The number of ketones is 2. The molecule has 0 unspecified atom stereocenters. The first-order valence-corrected chi connectivity index (χ1v) is 13.6. The van der Waals surface area contributed by atoms with Crippen LogP contribution in [0.4, 0.5) is 0 Å². The van der Waals surface area contributed by atoms with Crippen molar-refractivity contribution in [3.63, 3.8) is 0 Å². The van der Waals surface area contributed by atoms with E-state index >= 15 is 0 Å². The van der Waals surface area contributed by atoms with E-state index in [1.165, 1.54) is 0 Å². The number of benzene rings is 4. The van der Waals surface area contributed by atoms with Gasteiger partial charge in [0.25, 0.3) is 6.47 Å². The van der Waals surface area contributed by atoms with Gasteiger partial charge in [-0.15, -0.1) is 0 Å². The molecule has 1 aliphatic rings. The van der Waals surface area contributed by atoms with Crippen molar-refractivity contribution >= 4 is 30.0 Å². The normalized spacial score (nSPS) is 12.9. The number of carboxylic acid groups (broad SMARTS) is 2. The summed E-state index contributed by atoms with van der Waals surface area (Å²) in [4.78, 5) is 57.7. The van der Waals surface area contributed by atoms with Gasteiger partial charge in [0.15, 0.2) is 11.6 Å². The van der Waals surface area contributed by atoms with Crippen LogP contribution in [0.15, 0.2) is 115 Å². The molecule has 8 heteroatoms. The van der Waals surface area contributed by atoms with Crippen molar-refractivity contribution in [3.8, 4) is 16.9 Å². The van der Waals surface area contributed by atoms with E-state index in [0.717, 1.165) is 57.7 Å². The first kappa shape index (κ1) is 29.6. The quantitative estimate of drug-likeness (QED) is 0.153. The van der Waals surface area contributed by atoms with E-state index in [-0.39, 0.29) is 24.4 Å². The Labute approximate surface area is 252 Å². The molecule has 218 valence electrons. The fraction of sp³-hybridized carbons (Fsp3) is 0.0833. The summed E-state index contributed by atoms with van der Waals surface area (Å²) in [5.74, 6) is -2.67. The zero-order valence-electron chi connectivity index (χ0n) is 23.3. The minimum Gasteiger partial charge on any atom is -0.478 e. The molecule has 0 spiro atoms. The van der Waals surface area contributed by atoms with E-state index in [2.05, 4.69) is 0 Å². The van der Waals surface area contributed by atoms with E-state index in [9.17, 15) is 24.0 Å². The molecule has 0 saturated heterocycles. The Bertz CT molecular complexity index is 1750. The molecule has 2 N–H and O–H groups in total. The van der Waals surface area contributed by atoms with Crippen molar-refractivity contribution in [1.29, 1.82) is 0 Å². The number of hydrogen-bond acceptors (Lipinski definition) is 6. The lowest BCUT2D eigenvalue weighted by Gasteiger charge is -2.34. The number of ether oxygens (including phenoxy) is 1. The average Bonchev–Trinajstić information content (AvgIpc) is 3.32. The molecular weight excluding hydrogens is 560 g/mol. The van der Waals surface area contributed by atoms with Crippen molar-refractivity contribution in [2.75, 3.05) is 0 Å². The number of carbonyl (C=O) groups is 5. The lowest BCUT2D eigenvalue weighted by atomic mass is 9.67. The molecule has 0 atom stereocenters. The van der Waals surface area contributed by atoms with Crippen LogP contribution in [0, 0.1) is 0 Å². The van der Waals surface area contributed by atoms with Gasteiger partial charge in [-0.05, 0) is 57.2 Å². The first-order chi connectivity index (χ1) is 21.2. The van der Waals surface area contributed by atoms with Crippen LogP contribution in [0.25, 0.3) is 11.1 Å². The third kappa shape index (κ3) is 5.73. The fourth-order valence-electron chi connectivity index (χ4n) is 5.83. The summed E-state index contributed by atoms with van der Waals surface area (Å²) in [5.41, 5.74) is 5.76. The number of hydrogen-bond donors (Lipinski definition) is 2. The van der Waals surface area contributed by atoms with Crippen LogP contribution in [0.1, 0.15) is 33.4 Å². The lowest BCUT2D eigenvalue weighted by Crippen LogP contribution is -2.28. The SMILES string of the molecule is O=COc1cccc2c1-c1ccccc1C2(c1ccc(CC(=O)/C=C/C(=O)O)cc1)c1ccc(CC(=O)/C=C/C(=O)O)cc1. The number of rotatable bonds is 12. The molecule has 1 aliphatic carbocycles. The number of fused-ring (bicyclic) bond motifs is 3. The number of carbonyl (C=O) groups excluding carboxylic acids is 3. The predicted octanol–water partition coefficient (Wildman–Crippen LogP) is 5.09. The molecule has 4 aromatic carbocycles. The van der Waals surface area contributed by atoms with E-state index in [4.69, 9.17) is 14.9 Å². The van der Waals surface area contributed by atoms with Crippen LogP contribution in [-0.2, 0) is 42.2 Å². The highest BCUT2D eigenvalue weighted by molar-refractivity contribution is 5.97. The summed E-state index contributed by atoms with van der Waals surface area (Å²) in [5, 5.41) is 17.7. The second-order valence-corrected chi connectivity index (χ2v) is 10.2. The third-order valence-electron chi connectivity index (χ3n) is 7.56. The summed E-state index contributed by atoms with van der Waals surface area (Å²) in [6.07, 6.45) is 3.77. The van der Waals surface area contributed by atoms with Crippen molar-refractivity contribution < 1.29 is 38.9 Å². The summed E-state index contributed by atoms with van der Waals surface area (Å²) in [6, 6.07) is 28.4. The Hall–Kier alpha value is -5.89. The number of carboxylic acids is 2. The lowest BCUT2D eigenvalue weighted by molar-refractivity contribution is -0.132. The standard InChI is InChI=1S/C36H26O8/c37-22-44-32-7-3-6-31-35(32)29-4-1-2-5-30(29)36(31,25-12-8-23(9-13-25)20-27(38)16-18-33(40)41)26-14-10-24(11-15-26)21-28(39)17-19-34(42)43/h1-19,22H,20-21H2,(H,40,41)(H,42,43)/b18-16+,19-17+. The Morgan fingerprint density at radius 2 is 1.11 bits per heavy atom. The van der Waals surface area contributed by atoms with Gasteiger partial charge in [0, 0.05) is 30.6 Å². The van der Waals surface area contributed by atoms with Gasteiger partial charge in [-0.2, -0.15) is 0 Å². The minimum absolute atomic E-state index is 0.0284. The Morgan fingerprint density at radius 1 is 0.614 bits per heavy atom. The third-order valence-corrected chi connectivity index (χ3v) is 7.56. The summed E-state index contributed by atoms with van der Waals surface area (Å²) >= 11 is 0. The van der Waals surface area contributed by atoms with Gasteiger partial charge >= 0.3 is 11.9 Å². The molecule has 0 fully saturated rings. The molecule has 0 aliphatic heterocycles. The second kappa shape index (κ2) is 12.5. The molecule has 0 heterocycles. The van der Waals surface area contributed by atoms with Crippen LogP contribution in [0.5, 0.6) is 5.75 Å². The second-order valence-electron chi connectivity index (χ2n) is 10.2. The van der Waals surface area contributed by atoms with E-state index in [0.29, 0.717) is 23.3 Å². The van der Waals surface area contributed by atoms with Gasteiger partial charge in [-0.1, -0.05) is 84.9 Å². The maximum absolute atomic E-state index is 12.3. The summed E-state index contributed by atoms with van der Waals surface area (Å²) < 4.78 is 5.42. The molecule has 44 heavy (non-hydrogen) atoms. The molecule has 0 aromatic heterocycles. The summed E-state index contributed by atoms with van der Waals surface area (Å²) in [7, 11) is 0. The molecule has 0 radical (unpaired) electrons. The Balaban J connectivity index is 1.65. The van der Waals surface area contributed by atoms with E-state index < -0.39 is 17.4 Å². The largest absolute Gasteiger partial charge is 0.478 e. The first-order valence-electron chi connectivity index (χ1n) is 13.6. The zero-order valence-corrected chi connectivity index (χ0v) is 23.3. The minimum atomic E-state index is -1.20. The van der Waals surface area contributed by atoms with Gasteiger partial charge in [0.1, 0.15) is 5.75 Å². The number of allylic oxidation sites excluding steroid dienone is 2. The molecule has 4 aromatic rings. The van der Waals surface area contributed by atoms with Crippen molar-refractivity contribution in [3.05, 3.63) is 149 Å². The van der Waals surface area contributed by atoms with Gasteiger partial charge in [-0.3, -0.25) is 14.4 Å². The fourth-order valence-corrected chi connectivity index (χ4v) is 5.83. The maximum atomic E-state index is 12.3. The van der Waals surface area contributed by atoms with Crippen molar-refractivity contribution in [2.45, 2.75) is 18.3 Å². The molecule has 0 saturated carbocycles. The maximum Gasteiger partial charge on any atom is 0.328 e. The Kier molecular flexibility index (Phi) is 8.44. The van der Waals surface area contributed by atoms with Crippen LogP contribution >= 0.6 is 0 Å². The molecule has 8 nitrogen and oxygen atoms in total. The van der Waals surface area contributed by atoms with Crippen molar-refractivity contribution in [1.82, 2.24) is 0 Å². The topological polar surface area (TPSA) is 135 Å². The van der Waals surface area contributed by atoms with Crippen LogP contribution < -0.4 is 4.74 Å². The van der Waals surface area contributed by atoms with Crippen LogP contribution in [0.2, 0.25) is 0 Å². The molecule has 5 rings (SSSR count). The average molecular weight is 587 g/mol. The molecule has 0 amide bonds. The monoisotopic (exact) mass is 586 g/mol. The van der Waals surface area contributed by atoms with Crippen LogP contribution in [-0.4, -0.2) is 40.2 Å². The Morgan fingerprint density at radius 3 is 1.61 bits per heavy atom. The van der Waals surface area contributed by atoms with Gasteiger partial charge in [-0.25, -0.2) is 9.59 Å². The van der Waals surface area contributed by atoms with E-state index in [1.54, 1.807) is 6.07 Å². The zero-order chi connectivity index (χ0) is 31.3. The smallest absolute Gasteiger partial charge is 0.328 e. The van der Waals surface area contributed by atoms with Gasteiger partial charge in [0.2, 0.25) is 0 Å². The van der Waals surface area contributed by atoms with Crippen molar-refractivity contribution in [2.24, 2.45) is 0 Å². The summed E-state index contributed by atoms with van der Waals surface area (Å²) in [6.45, 7) is 0.396. The highest BCUT2D eigenvalue weighted by Gasteiger charge is 2.47. The van der Waals surface area contributed by atoms with Gasteiger partial charge < -0.3 is 14.9 Å². The van der Waals surface area contributed by atoms with Gasteiger partial charge in [0.05, 0.1) is 5.41 Å².